The van der Waals surface area contributed by atoms with Crippen molar-refractivity contribution in [3.8, 4) is 0 Å². The van der Waals surface area contributed by atoms with Crippen LogP contribution in [0.25, 0.3) is 0 Å². The molecule has 56 valence electrons. The van der Waals surface area contributed by atoms with Crippen molar-refractivity contribution < 1.29 is 0 Å². The molecule has 4 heterocycles. The standard InChI is InChI=1S/4Bi.6S. The summed E-state index contributed by atoms with van der Waals surface area (Å²) in [7, 11) is 0. The van der Waals surface area contributed by atoms with E-state index in [1.807, 2.05) is 0 Å². The fourth-order valence-corrected chi connectivity index (χ4v) is 1770. The van der Waals surface area contributed by atoms with Gasteiger partial charge in [-0.3, -0.25) is 0 Å². The summed E-state index contributed by atoms with van der Waals surface area (Å²) in [5, 5.41) is 15.9. The molecule has 0 nitrogen and oxygen atoms in total. The van der Waals surface area contributed by atoms with Gasteiger partial charge < -0.3 is 0 Å². The van der Waals surface area contributed by atoms with Crippen LogP contribution in [-0.2, 0) is 0 Å². The van der Waals surface area contributed by atoms with E-state index in [-0.39, 0.29) is 0 Å². The molecule has 4 bridgehead atoms. The number of rotatable bonds is 0. The topological polar surface area (TPSA) is 0 Å². The summed E-state index contributed by atoms with van der Waals surface area (Å²) in [6.45, 7) is 0. The Hall–Kier alpha value is 5.63. The van der Waals surface area contributed by atoms with E-state index in [1.54, 1.807) is 0 Å². The molecule has 0 amide bonds. The molecule has 0 aromatic heterocycles. The van der Waals surface area contributed by atoms with Gasteiger partial charge in [-0.2, -0.15) is 0 Å². The molecule has 0 aromatic carbocycles. The maximum absolute atomic E-state index is 2.66. The van der Waals surface area contributed by atoms with Crippen molar-refractivity contribution in [2.75, 3.05) is 0 Å². The number of hydrogen-bond donors (Lipinski definition) is 0. The Balaban J connectivity index is 1.90. The summed E-state index contributed by atoms with van der Waals surface area (Å²) >= 11 is -2.86. The molecule has 10 heavy (non-hydrogen) atoms. The second-order valence-corrected chi connectivity index (χ2v) is 184. The predicted molar refractivity (Wildman–Crippen MR) is 68.6 cm³/mol. The average molecular weight is 1030 g/mol. The van der Waals surface area contributed by atoms with Crippen molar-refractivity contribution in [2.24, 2.45) is 0 Å². The van der Waals surface area contributed by atoms with E-state index in [0.29, 0.717) is 0 Å². The zero-order valence-electron chi connectivity index (χ0n) is 4.24. The second kappa shape index (κ2) is 4.87. The Morgan fingerprint density at radius 2 is 0.600 bits per heavy atom. The van der Waals surface area contributed by atoms with E-state index in [4.69, 9.17) is 0 Å². The van der Waals surface area contributed by atoms with E-state index < -0.39 is 69.4 Å². The fourth-order valence-electron chi connectivity index (χ4n) is 0.505. The predicted octanol–water partition coefficient (Wildman–Crippen LogP) is 2.37. The zero-order valence-corrected chi connectivity index (χ0v) is 23.0. The minimum absolute atomic E-state index is 0.714. The van der Waals surface area contributed by atoms with E-state index >= 15 is 0 Å². The van der Waals surface area contributed by atoms with Crippen LogP contribution < -0.4 is 0 Å². The first-order valence-electron chi connectivity index (χ1n) is 2.19. The molecule has 0 aromatic rings. The van der Waals surface area contributed by atoms with Crippen molar-refractivity contribution in [3.05, 3.63) is 0 Å². The van der Waals surface area contributed by atoms with E-state index in [0.717, 1.165) is 0 Å². The number of hydrogen-bond acceptors (Lipinski definition) is 6. The molecular weight excluding hydrogens is 1030 g/mol. The maximum atomic E-state index is 2.66. The molecule has 0 aliphatic carbocycles. The van der Waals surface area contributed by atoms with Gasteiger partial charge in [-0.25, -0.2) is 0 Å². The Kier molecular flexibility index (Phi) is 5.24. The van der Waals surface area contributed by atoms with Crippen molar-refractivity contribution in [3.63, 3.8) is 0 Å². The third-order valence-corrected chi connectivity index (χ3v) is 554. The minimum atomic E-state index is -0.714. The molecule has 0 N–H and O–H groups in total. The van der Waals surface area contributed by atoms with Crippen LogP contribution in [0, 0.1) is 0 Å². The van der Waals surface area contributed by atoms with Crippen LogP contribution in [0.5, 0.6) is 0 Å². The molecule has 4 rings (SSSR count). The van der Waals surface area contributed by atoms with Crippen molar-refractivity contribution in [1.29, 1.82) is 0 Å². The van der Waals surface area contributed by atoms with Crippen LogP contribution in [0.15, 0.2) is 0 Å². The van der Waals surface area contributed by atoms with Crippen molar-refractivity contribution in [2.45, 2.75) is 0 Å². The summed E-state index contributed by atoms with van der Waals surface area (Å²) in [5.74, 6) is 0. The Bertz CT molecular complexity index is 101. The Morgan fingerprint density at radius 1 is 0.400 bits per heavy atom. The van der Waals surface area contributed by atoms with Gasteiger partial charge in [0.15, 0.2) is 0 Å². The van der Waals surface area contributed by atoms with Gasteiger partial charge in [-0.15, -0.1) is 0 Å². The van der Waals surface area contributed by atoms with Crippen LogP contribution in [0.2, 0.25) is 0 Å². The van der Waals surface area contributed by atoms with E-state index in [9.17, 15) is 0 Å². The summed E-state index contributed by atoms with van der Waals surface area (Å²) in [5.41, 5.74) is 0. The van der Waals surface area contributed by atoms with Crippen LogP contribution in [-0.4, -0.2) is 69.4 Å². The molecule has 0 saturated carbocycles. The quantitative estimate of drug-likeness (QED) is 0.340. The molecule has 10 heteroatoms. The van der Waals surface area contributed by atoms with Crippen LogP contribution >= 0.6 is 31.6 Å². The van der Waals surface area contributed by atoms with E-state index in [2.05, 4.69) is 31.6 Å². The average Bonchev–Trinajstić information content (AvgIpc) is 1.82. The first kappa shape index (κ1) is 10.8. The van der Waals surface area contributed by atoms with Crippen LogP contribution in [0.1, 0.15) is 0 Å². The molecule has 4 aliphatic heterocycles. The third kappa shape index (κ3) is 2.48. The Morgan fingerprint density at radius 3 is 0.800 bits per heavy atom. The van der Waals surface area contributed by atoms with Gasteiger partial charge in [-0.05, 0) is 0 Å². The SMILES string of the molecule is [S]1[Bi]2[S][Bi]3[S][Bi]1[S][Bi]([S]2)[S]3. The molecule has 0 atom stereocenters. The van der Waals surface area contributed by atoms with Crippen LogP contribution in [0.3, 0.4) is 0 Å². The normalized spacial score (nSPS) is 36.0. The molecule has 4 saturated heterocycles. The zero-order chi connectivity index (χ0) is 6.55. The van der Waals surface area contributed by atoms with Crippen molar-refractivity contribution in [1.82, 2.24) is 0 Å². The molecule has 0 radical (unpaired) electrons. The van der Waals surface area contributed by atoms with Gasteiger partial charge in [0.05, 0.1) is 0 Å². The van der Waals surface area contributed by atoms with Gasteiger partial charge in [0, 0.05) is 0 Å². The van der Waals surface area contributed by atoms with E-state index in [1.165, 1.54) is 0 Å². The monoisotopic (exact) mass is 1030 g/mol. The van der Waals surface area contributed by atoms with Gasteiger partial charge in [0.25, 0.3) is 0 Å². The van der Waals surface area contributed by atoms with Crippen LogP contribution in [0.4, 0.5) is 0 Å². The first-order chi connectivity index (χ1) is 4.90. The molecule has 4 fully saturated rings. The van der Waals surface area contributed by atoms with Gasteiger partial charge in [0.2, 0.25) is 0 Å². The third-order valence-electron chi connectivity index (χ3n) is 0.800. The summed E-state index contributed by atoms with van der Waals surface area (Å²) in [4.78, 5) is 0. The molecule has 4 aliphatic rings. The molecule has 0 spiro atoms. The Labute approximate surface area is 96.8 Å². The molecule has 0 unspecified atom stereocenters. The summed E-state index contributed by atoms with van der Waals surface area (Å²) in [6.07, 6.45) is 0. The van der Waals surface area contributed by atoms with Crippen molar-refractivity contribution >= 4 is 101 Å². The second-order valence-electron chi connectivity index (χ2n) is 1.38. The first-order valence-corrected chi connectivity index (χ1v) is 57.7. The summed E-state index contributed by atoms with van der Waals surface area (Å²) in [6, 6.07) is 0. The van der Waals surface area contributed by atoms with Gasteiger partial charge in [0.1, 0.15) is 0 Å². The fraction of sp³-hybridized carbons (Fsp3) is 0. The molecular formula is Bi4S6. The van der Waals surface area contributed by atoms with Gasteiger partial charge in [-0.1, -0.05) is 0 Å². The summed E-state index contributed by atoms with van der Waals surface area (Å²) < 4.78 is 0. The van der Waals surface area contributed by atoms with Gasteiger partial charge >= 0.3 is 101 Å².